The highest BCUT2D eigenvalue weighted by atomic mass is 16.6. The Hall–Kier alpha value is -2.77. The summed E-state index contributed by atoms with van der Waals surface area (Å²) >= 11 is 0. The molecule has 0 aromatic carbocycles. The Balaban J connectivity index is 1.91. The molecule has 0 saturated heterocycles. The highest BCUT2D eigenvalue weighted by Crippen LogP contribution is 2.73. The number of carboxylic acid groups (broad SMARTS) is 1. The molecular weight excluding hydrogens is 536 g/mol. The predicted molar refractivity (Wildman–Crippen MR) is 156 cm³/mol. The van der Waals surface area contributed by atoms with E-state index in [1.165, 1.54) is 6.92 Å². The van der Waals surface area contributed by atoms with Crippen molar-refractivity contribution >= 4 is 29.5 Å². The van der Waals surface area contributed by atoms with Crippen LogP contribution < -0.4 is 0 Å². The van der Waals surface area contributed by atoms with E-state index in [1.54, 1.807) is 6.92 Å². The van der Waals surface area contributed by atoms with Crippen molar-refractivity contribution in [2.45, 2.75) is 119 Å². The van der Waals surface area contributed by atoms with Crippen molar-refractivity contribution in [3.8, 4) is 0 Å². The van der Waals surface area contributed by atoms with Crippen LogP contribution in [-0.2, 0) is 33.4 Å². The van der Waals surface area contributed by atoms with Crippen molar-refractivity contribution in [1.82, 2.24) is 0 Å². The minimum atomic E-state index is -1.06. The van der Waals surface area contributed by atoms with Gasteiger partial charge in [0, 0.05) is 42.6 Å². The molecule has 9 unspecified atom stereocenters. The van der Waals surface area contributed by atoms with Gasteiger partial charge in [0.1, 0.15) is 11.9 Å². The molecule has 4 aliphatic carbocycles. The van der Waals surface area contributed by atoms with Crippen molar-refractivity contribution in [1.29, 1.82) is 0 Å². The fraction of sp³-hybridized carbons (Fsp3) is 0.735. The standard InChI is InChI=1S/C34H48O8/c1-9-26(37)42-29-28-19(4)23(36)15-16-32(28,6)25-14-13-22-27(21(31(39)40)12-10-11-18(2)3)24(41-20(5)35)17-33(22,7)34(25,8)30(29)38/h11,19,22,24-25,28-29H,9-10,12-17H2,1-8H3,(H,39,40). The quantitative estimate of drug-likeness (QED) is 0.219. The summed E-state index contributed by atoms with van der Waals surface area (Å²) in [5.41, 5.74) is -0.220. The van der Waals surface area contributed by atoms with E-state index in [9.17, 15) is 29.1 Å². The van der Waals surface area contributed by atoms with Gasteiger partial charge in [-0.15, -0.1) is 0 Å². The lowest BCUT2D eigenvalue weighted by Gasteiger charge is -2.67. The number of aliphatic carboxylic acids is 1. The molecule has 0 aromatic rings. The first kappa shape index (κ1) is 32.2. The van der Waals surface area contributed by atoms with Gasteiger partial charge in [-0.25, -0.2) is 4.79 Å². The van der Waals surface area contributed by atoms with Crippen LogP contribution in [0.4, 0.5) is 0 Å². The van der Waals surface area contributed by atoms with Crippen LogP contribution in [0.2, 0.25) is 0 Å². The van der Waals surface area contributed by atoms with E-state index in [2.05, 4.69) is 6.92 Å². The first-order valence-corrected chi connectivity index (χ1v) is 15.6. The van der Waals surface area contributed by atoms with E-state index in [1.807, 2.05) is 40.7 Å². The highest BCUT2D eigenvalue weighted by Gasteiger charge is 2.74. The molecule has 1 N–H and O–H groups in total. The maximum atomic E-state index is 14.9. The third-order valence-corrected chi connectivity index (χ3v) is 11.7. The Morgan fingerprint density at radius 1 is 1.05 bits per heavy atom. The van der Waals surface area contributed by atoms with Crippen LogP contribution in [0.5, 0.6) is 0 Å². The van der Waals surface area contributed by atoms with Gasteiger partial charge in [0.25, 0.3) is 0 Å². The second-order valence-corrected chi connectivity index (χ2v) is 14.1. The Labute approximate surface area is 249 Å². The molecule has 0 spiro atoms. The van der Waals surface area contributed by atoms with Crippen molar-refractivity contribution in [3.63, 3.8) is 0 Å². The van der Waals surface area contributed by atoms with Crippen LogP contribution in [-0.4, -0.2) is 46.8 Å². The normalized spacial score (nSPS) is 40.3. The van der Waals surface area contributed by atoms with Gasteiger partial charge in [0.05, 0.1) is 0 Å². The Morgan fingerprint density at radius 2 is 1.71 bits per heavy atom. The van der Waals surface area contributed by atoms with E-state index in [0.717, 1.165) is 5.57 Å². The average Bonchev–Trinajstić information content (AvgIpc) is 3.18. The maximum Gasteiger partial charge on any atom is 0.331 e. The lowest BCUT2D eigenvalue weighted by atomic mass is 9.36. The summed E-state index contributed by atoms with van der Waals surface area (Å²) in [5.74, 6) is -3.33. The van der Waals surface area contributed by atoms with E-state index in [-0.39, 0.29) is 35.4 Å². The van der Waals surface area contributed by atoms with Gasteiger partial charge in [-0.2, -0.15) is 0 Å². The van der Waals surface area contributed by atoms with E-state index in [4.69, 9.17) is 9.47 Å². The first-order chi connectivity index (χ1) is 19.5. The molecule has 0 bridgehead atoms. The predicted octanol–water partition coefficient (Wildman–Crippen LogP) is 6.01. The minimum absolute atomic E-state index is 0.0924. The van der Waals surface area contributed by atoms with Gasteiger partial charge in [-0.3, -0.25) is 19.2 Å². The minimum Gasteiger partial charge on any atom is -0.478 e. The monoisotopic (exact) mass is 584 g/mol. The molecule has 42 heavy (non-hydrogen) atoms. The lowest BCUT2D eigenvalue weighted by molar-refractivity contribution is -0.219. The van der Waals surface area contributed by atoms with Gasteiger partial charge < -0.3 is 14.6 Å². The van der Waals surface area contributed by atoms with Gasteiger partial charge in [-0.05, 0) is 80.6 Å². The molecule has 4 saturated carbocycles. The molecule has 232 valence electrons. The van der Waals surface area contributed by atoms with Gasteiger partial charge in [-0.1, -0.05) is 46.3 Å². The summed E-state index contributed by atoms with van der Waals surface area (Å²) in [7, 11) is 0. The third kappa shape index (κ3) is 4.86. The molecular formula is C34H48O8. The zero-order valence-corrected chi connectivity index (χ0v) is 26.5. The number of hydrogen-bond acceptors (Lipinski definition) is 7. The molecule has 4 fully saturated rings. The summed E-state index contributed by atoms with van der Waals surface area (Å²) in [4.78, 5) is 65.6. The number of rotatable bonds is 7. The van der Waals surface area contributed by atoms with Gasteiger partial charge >= 0.3 is 17.9 Å². The van der Waals surface area contributed by atoms with Crippen LogP contribution in [0.15, 0.2) is 22.8 Å². The van der Waals surface area contributed by atoms with Crippen LogP contribution in [0.25, 0.3) is 0 Å². The number of hydrogen-bond donors (Lipinski definition) is 1. The fourth-order valence-electron chi connectivity index (χ4n) is 9.69. The number of esters is 2. The molecule has 9 atom stereocenters. The van der Waals surface area contributed by atoms with Gasteiger partial charge in [0.2, 0.25) is 0 Å². The maximum absolute atomic E-state index is 14.9. The molecule has 0 radical (unpaired) electrons. The zero-order chi connectivity index (χ0) is 31.4. The zero-order valence-electron chi connectivity index (χ0n) is 26.5. The van der Waals surface area contributed by atoms with Crippen LogP contribution in [0.3, 0.4) is 0 Å². The molecule has 4 rings (SSSR count). The van der Waals surface area contributed by atoms with Crippen molar-refractivity contribution in [2.75, 3.05) is 0 Å². The van der Waals surface area contributed by atoms with Gasteiger partial charge in [0.15, 0.2) is 11.9 Å². The fourth-order valence-corrected chi connectivity index (χ4v) is 9.69. The summed E-state index contributed by atoms with van der Waals surface area (Å²) < 4.78 is 11.8. The van der Waals surface area contributed by atoms with Crippen molar-refractivity contribution < 1.29 is 38.6 Å². The number of Topliss-reactive ketones (excluding diaryl/α,β-unsaturated/α-hetero) is 2. The molecule has 0 aliphatic heterocycles. The Morgan fingerprint density at radius 3 is 2.29 bits per heavy atom. The second-order valence-electron chi connectivity index (χ2n) is 14.1. The number of carboxylic acids is 1. The topological polar surface area (TPSA) is 124 Å². The number of carbonyl (C=O) groups excluding carboxylic acids is 4. The molecule has 0 heterocycles. The molecule has 8 nitrogen and oxygen atoms in total. The number of carbonyl (C=O) groups is 5. The van der Waals surface area contributed by atoms with Crippen molar-refractivity contribution in [2.24, 2.45) is 39.9 Å². The highest BCUT2D eigenvalue weighted by molar-refractivity contribution is 5.95. The second kappa shape index (κ2) is 11.4. The number of fused-ring (bicyclic) bond motifs is 5. The molecule has 4 aliphatic rings. The SMILES string of the molecule is CCC(=O)OC1C(=O)C2(C)C(CCC3C(=C(CCC=C(C)C)C(=O)O)C(OC(C)=O)CC32C)C2(C)CCC(=O)C(C)C12. The van der Waals surface area contributed by atoms with Crippen molar-refractivity contribution in [3.05, 3.63) is 22.8 Å². The van der Waals surface area contributed by atoms with Crippen LogP contribution in [0.1, 0.15) is 107 Å². The van der Waals surface area contributed by atoms with Crippen LogP contribution >= 0.6 is 0 Å². The average molecular weight is 585 g/mol. The molecule has 8 heteroatoms. The summed E-state index contributed by atoms with van der Waals surface area (Å²) in [6.45, 7) is 15.0. The lowest BCUT2D eigenvalue weighted by Crippen LogP contribution is -2.70. The first-order valence-electron chi connectivity index (χ1n) is 15.6. The number of allylic oxidation sites excluding steroid dienone is 2. The summed E-state index contributed by atoms with van der Waals surface area (Å²) in [6, 6.07) is 0. The van der Waals surface area contributed by atoms with E-state index in [0.29, 0.717) is 50.5 Å². The third-order valence-electron chi connectivity index (χ3n) is 11.7. The Kier molecular flexibility index (Phi) is 8.71. The Bertz CT molecular complexity index is 1240. The van der Waals surface area contributed by atoms with E-state index < -0.39 is 58.2 Å². The number of ketones is 2. The smallest absolute Gasteiger partial charge is 0.331 e. The summed E-state index contributed by atoms with van der Waals surface area (Å²) in [6.07, 6.45) is 3.80. The van der Waals surface area contributed by atoms with Crippen LogP contribution in [0, 0.1) is 39.9 Å². The number of ether oxygens (including phenoxy) is 2. The molecule has 0 amide bonds. The largest absolute Gasteiger partial charge is 0.478 e. The summed E-state index contributed by atoms with van der Waals surface area (Å²) in [5, 5.41) is 10.4. The van der Waals surface area contributed by atoms with E-state index >= 15 is 0 Å². The molecule has 0 aromatic heterocycles.